The minimum Gasteiger partial charge on any atom is -0.465 e. The van der Waals surface area contributed by atoms with Crippen LogP contribution in [0.3, 0.4) is 0 Å². The van der Waals surface area contributed by atoms with E-state index in [-0.39, 0.29) is 28.0 Å². The zero-order valence-electron chi connectivity index (χ0n) is 8.34. The van der Waals surface area contributed by atoms with Gasteiger partial charge in [0.25, 0.3) is 6.43 Å². The van der Waals surface area contributed by atoms with Gasteiger partial charge in [-0.3, -0.25) is 0 Å². The molecule has 0 saturated heterocycles. The number of aromatic nitrogens is 1. The van der Waals surface area contributed by atoms with Crippen molar-refractivity contribution in [1.29, 1.82) is 0 Å². The van der Waals surface area contributed by atoms with Gasteiger partial charge < -0.3 is 10.5 Å². The second kappa shape index (κ2) is 5.31. The first-order chi connectivity index (χ1) is 7.51. The summed E-state index contributed by atoms with van der Waals surface area (Å²) in [6.45, 7) is -0.125. The summed E-state index contributed by atoms with van der Waals surface area (Å²) >= 11 is 3.00. The standard InChI is InChI=1S/C9H9BrF2N2O2/c1-16-9(15)5-2-4(8(11)12)6(3-13)14-7(5)10/h2,8H,3,13H2,1H3. The number of methoxy groups -OCH3 is 1. The predicted molar refractivity (Wildman–Crippen MR) is 56.1 cm³/mol. The molecule has 1 aromatic rings. The molecule has 2 N–H and O–H groups in total. The molecular weight excluding hydrogens is 286 g/mol. The Labute approximate surface area is 98.9 Å². The second-order valence-electron chi connectivity index (χ2n) is 2.86. The molecule has 1 heterocycles. The fourth-order valence-corrected chi connectivity index (χ4v) is 1.64. The fourth-order valence-electron chi connectivity index (χ4n) is 1.15. The normalized spacial score (nSPS) is 10.6. The van der Waals surface area contributed by atoms with Gasteiger partial charge in [0.15, 0.2) is 0 Å². The van der Waals surface area contributed by atoms with E-state index in [1.807, 2.05) is 0 Å². The number of pyridine rings is 1. The van der Waals surface area contributed by atoms with E-state index in [1.165, 1.54) is 0 Å². The monoisotopic (exact) mass is 294 g/mol. The van der Waals surface area contributed by atoms with Crippen LogP contribution in [-0.2, 0) is 11.3 Å². The number of ether oxygens (including phenoxy) is 1. The number of rotatable bonds is 3. The molecule has 0 unspecified atom stereocenters. The molecule has 0 aliphatic rings. The minimum atomic E-state index is -2.73. The van der Waals surface area contributed by atoms with Crippen LogP contribution in [-0.4, -0.2) is 18.1 Å². The molecule has 1 rings (SSSR count). The summed E-state index contributed by atoms with van der Waals surface area (Å²) in [7, 11) is 1.16. The number of alkyl halides is 2. The Kier molecular flexibility index (Phi) is 4.31. The third-order valence-corrected chi connectivity index (χ3v) is 2.53. The molecule has 0 aliphatic carbocycles. The summed E-state index contributed by atoms with van der Waals surface area (Å²) in [5.74, 6) is -0.732. The van der Waals surface area contributed by atoms with Crippen molar-refractivity contribution in [2.24, 2.45) is 5.73 Å². The molecule has 0 bridgehead atoms. The molecular formula is C9H9BrF2N2O2. The van der Waals surface area contributed by atoms with Crippen LogP contribution in [0.4, 0.5) is 8.78 Å². The minimum absolute atomic E-state index is 0.0463. The highest BCUT2D eigenvalue weighted by molar-refractivity contribution is 9.10. The van der Waals surface area contributed by atoms with Crippen LogP contribution in [0.15, 0.2) is 10.7 Å². The Balaban J connectivity index is 3.33. The van der Waals surface area contributed by atoms with E-state index in [0.29, 0.717) is 0 Å². The van der Waals surface area contributed by atoms with Crippen LogP contribution in [0, 0.1) is 0 Å². The smallest absolute Gasteiger partial charge is 0.340 e. The van der Waals surface area contributed by atoms with Crippen LogP contribution in [0.1, 0.15) is 28.0 Å². The van der Waals surface area contributed by atoms with Crippen molar-refractivity contribution >= 4 is 21.9 Å². The molecule has 0 aliphatic heterocycles. The van der Waals surface area contributed by atoms with Gasteiger partial charge in [-0.15, -0.1) is 0 Å². The van der Waals surface area contributed by atoms with Crippen molar-refractivity contribution in [1.82, 2.24) is 4.98 Å². The molecule has 0 fully saturated rings. The number of carbonyl (C=O) groups excluding carboxylic acids is 1. The van der Waals surface area contributed by atoms with E-state index < -0.39 is 12.4 Å². The Bertz CT molecular complexity index is 413. The molecule has 0 atom stereocenters. The van der Waals surface area contributed by atoms with Crippen molar-refractivity contribution in [3.05, 3.63) is 27.5 Å². The largest absolute Gasteiger partial charge is 0.465 e. The van der Waals surface area contributed by atoms with Crippen molar-refractivity contribution < 1.29 is 18.3 Å². The number of halogens is 3. The zero-order valence-corrected chi connectivity index (χ0v) is 9.92. The molecule has 16 heavy (non-hydrogen) atoms. The molecule has 0 amide bonds. The number of esters is 1. The zero-order chi connectivity index (χ0) is 12.3. The van der Waals surface area contributed by atoms with Gasteiger partial charge in [-0.1, -0.05) is 0 Å². The second-order valence-corrected chi connectivity index (χ2v) is 3.61. The molecule has 1 aromatic heterocycles. The maximum absolute atomic E-state index is 12.6. The van der Waals surface area contributed by atoms with Gasteiger partial charge >= 0.3 is 5.97 Å². The lowest BCUT2D eigenvalue weighted by Crippen LogP contribution is -2.11. The maximum atomic E-state index is 12.6. The summed E-state index contributed by atoms with van der Waals surface area (Å²) < 4.78 is 29.8. The molecule has 0 radical (unpaired) electrons. The lowest BCUT2D eigenvalue weighted by molar-refractivity contribution is 0.0598. The number of nitrogens with two attached hydrogens (primary N) is 1. The summed E-state index contributed by atoms with van der Waals surface area (Å²) in [6.07, 6.45) is -2.73. The van der Waals surface area contributed by atoms with E-state index >= 15 is 0 Å². The molecule has 4 nitrogen and oxygen atoms in total. The molecule has 0 spiro atoms. The van der Waals surface area contributed by atoms with Gasteiger partial charge in [-0.2, -0.15) is 0 Å². The van der Waals surface area contributed by atoms with Gasteiger partial charge in [-0.25, -0.2) is 18.6 Å². The van der Waals surface area contributed by atoms with E-state index in [2.05, 4.69) is 25.7 Å². The number of hydrogen-bond donors (Lipinski definition) is 1. The average Bonchev–Trinajstić information content (AvgIpc) is 2.27. The molecule has 7 heteroatoms. The summed E-state index contributed by atoms with van der Waals surface area (Å²) in [5, 5.41) is 0. The highest BCUT2D eigenvalue weighted by Crippen LogP contribution is 2.26. The third kappa shape index (κ3) is 2.53. The van der Waals surface area contributed by atoms with Gasteiger partial charge in [0.1, 0.15) is 4.60 Å². The van der Waals surface area contributed by atoms with E-state index in [0.717, 1.165) is 13.2 Å². The van der Waals surface area contributed by atoms with Gasteiger partial charge in [0, 0.05) is 12.1 Å². The first-order valence-corrected chi connectivity index (χ1v) is 5.06. The highest BCUT2D eigenvalue weighted by atomic mass is 79.9. The van der Waals surface area contributed by atoms with Crippen LogP contribution >= 0.6 is 15.9 Å². The van der Waals surface area contributed by atoms with Gasteiger partial charge in [0.05, 0.1) is 18.4 Å². The van der Waals surface area contributed by atoms with Gasteiger partial charge in [-0.05, 0) is 22.0 Å². The molecule has 88 valence electrons. The van der Waals surface area contributed by atoms with Crippen molar-refractivity contribution in [3.63, 3.8) is 0 Å². The summed E-state index contributed by atoms with van der Waals surface area (Å²) in [5.41, 5.74) is 4.93. The topological polar surface area (TPSA) is 65.2 Å². The number of hydrogen-bond acceptors (Lipinski definition) is 4. The SMILES string of the molecule is COC(=O)c1cc(C(F)F)c(CN)nc1Br. The lowest BCUT2D eigenvalue weighted by Gasteiger charge is -2.09. The number of nitrogens with zero attached hydrogens (tertiary/aromatic N) is 1. The fraction of sp³-hybridized carbons (Fsp3) is 0.333. The molecule has 0 aromatic carbocycles. The van der Waals surface area contributed by atoms with Crippen LogP contribution in [0.5, 0.6) is 0 Å². The van der Waals surface area contributed by atoms with Crippen LogP contribution < -0.4 is 5.73 Å². The number of carbonyl (C=O) groups is 1. The maximum Gasteiger partial charge on any atom is 0.340 e. The Hall–Kier alpha value is -1.08. The Morgan fingerprint density at radius 1 is 1.69 bits per heavy atom. The lowest BCUT2D eigenvalue weighted by atomic mass is 10.1. The van der Waals surface area contributed by atoms with Gasteiger partial charge in [0.2, 0.25) is 0 Å². The highest BCUT2D eigenvalue weighted by Gasteiger charge is 2.20. The first-order valence-electron chi connectivity index (χ1n) is 4.27. The predicted octanol–water partition coefficient (Wildman–Crippen LogP) is 2.03. The van der Waals surface area contributed by atoms with E-state index in [4.69, 9.17) is 5.73 Å². The van der Waals surface area contributed by atoms with Crippen LogP contribution in [0.2, 0.25) is 0 Å². The average molecular weight is 295 g/mol. The Morgan fingerprint density at radius 3 is 2.75 bits per heavy atom. The van der Waals surface area contributed by atoms with Crippen molar-refractivity contribution in [2.75, 3.05) is 7.11 Å². The van der Waals surface area contributed by atoms with E-state index in [1.54, 1.807) is 0 Å². The third-order valence-electron chi connectivity index (χ3n) is 1.92. The Morgan fingerprint density at radius 2 is 2.31 bits per heavy atom. The van der Waals surface area contributed by atoms with Crippen LogP contribution in [0.25, 0.3) is 0 Å². The summed E-state index contributed by atoms with van der Waals surface area (Å²) in [4.78, 5) is 15.0. The quantitative estimate of drug-likeness (QED) is 0.684. The molecule has 0 saturated carbocycles. The van der Waals surface area contributed by atoms with Crippen molar-refractivity contribution in [2.45, 2.75) is 13.0 Å². The van der Waals surface area contributed by atoms with E-state index in [9.17, 15) is 13.6 Å². The summed E-state index contributed by atoms with van der Waals surface area (Å²) in [6, 6.07) is 1.04. The van der Waals surface area contributed by atoms with Crippen molar-refractivity contribution in [3.8, 4) is 0 Å². The first kappa shape index (κ1) is 13.0.